The molecule has 35 heavy (non-hydrogen) atoms. The number of rotatable bonds is 6. The maximum atomic E-state index is 10.5. The third-order valence-corrected chi connectivity index (χ3v) is 5.99. The monoisotopic (exact) mass is 476 g/mol. The average molecular weight is 477 g/mol. The lowest BCUT2D eigenvalue weighted by atomic mass is 9.93. The highest BCUT2D eigenvalue weighted by atomic mass is 16.4. The minimum absolute atomic E-state index is 0.125. The second kappa shape index (κ2) is 12.2. The van der Waals surface area contributed by atoms with Crippen molar-refractivity contribution in [3.63, 3.8) is 0 Å². The molecule has 0 radical (unpaired) electrons. The second-order valence-corrected chi connectivity index (χ2v) is 8.38. The second-order valence-electron chi connectivity index (χ2n) is 8.38. The van der Waals surface area contributed by atoms with Gasteiger partial charge in [-0.15, -0.1) is 0 Å². The highest BCUT2D eigenvalue weighted by Gasteiger charge is 2.24. The minimum atomic E-state index is -1.48. The maximum absolute atomic E-state index is 10.5. The van der Waals surface area contributed by atoms with Gasteiger partial charge in [0.2, 0.25) is 0 Å². The molecule has 0 saturated heterocycles. The van der Waals surface area contributed by atoms with E-state index in [1.807, 2.05) is 7.05 Å². The van der Waals surface area contributed by atoms with Gasteiger partial charge in [0, 0.05) is 0 Å². The van der Waals surface area contributed by atoms with Crippen LogP contribution in [0.25, 0.3) is 5.57 Å². The number of carboxylic acid groups (broad SMARTS) is 1. The van der Waals surface area contributed by atoms with Crippen LogP contribution in [0.5, 0.6) is 11.5 Å². The first kappa shape index (κ1) is 26.0. The molecular weight excluding hydrogens is 444 g/mol. The van der Waals surface area contributed by atoms with Gasteiger partial charge in [0.25, 0.3) is 0 Å². The van der Waals surface area contributed by atoms with Gasteiger partial charge in [0.05, 0.1) is 0 Å². The summed E-state index contributed by atoms with van der Waals surface area (Å²) in [7, 11) is 2.01. The molecule has 0 bridgehead atoms. The van der Waals surface area contributed by atoms with Crippen molar-refractivity contribution in [3.05, 3.63) is 101 Å². The van der Waals surface area contributed by atoms with Gasteiger partial charge >= 0.3 is 5.97 Å². The van der Waals surface area contributed by atoms with E-state index < -0.39 is 23.9 Å². The van der Waals surface area contributed by atoms with Crippen molar-refractivity contribution in [1.82, 2.24) is 5.32 Å². The van der Waals surface area contributed by atoms with Gasteiger partial charge < -0.3 is 31.5 Å². The molecule has 3 aromatic carbocycles. The number of carboxylic acids is 1. The average Bonchev–Trinajstić information content (AvgIpc) is 3.02. The highest BCUT2D eigenvalue weighted by molar-refractivity contribution is 5.83. The first-order valence-corrected chi connectivity index (χ1v) is 11.5. The van der Waals surface area contributed by atoms with Crippen LogP contribution in [0.1, 0.15) is 40.3 Å². The first-order chi connectivity index (χ1) is 16.8. The van der Waals surface area contributed by atoms with Crippen molar-refractivity contribution >= 4 is 11.5 Å². The molecule has 7 heteroatoms. The summed E-state index contributed by atoms with van der Waals surface area (Å²) in [6, 6.07) is 19.7. The number of nitrogens with one attached hydrogen (secondary N) is 1. The molecule has 0 fully saturated rings. The molecule has 4 rings (SSSR count). The molecule has 0 amide bonds. The van der Waals surface area contributed by atoms with Gasteiger partial charge in [-0.1, -0.05) is 60.7 Å². The number of fused-ring (bicyclic) bond motifs is 2. The topological polar surface area (TPSA) is 136 Å². The highest BCUT2D eigenvalue weighted by Crippen LogP contribution is 2.33. The summed E-state index contributed by atoms with van der Waals surface area (Å²) in [6.07, 6.45) is 4.29. The Morgan fingerprint density at radius 3 is 2.06 bits per heavy atom. The standard InChI is InChI=1S/C19H21N.C9H11NO5/c1-20-14-6-11-19-17-9-4-2-7-15(17)12-13-16-8-3-5-10-18(16)19;10-7(9(14)15)8(13)4-1-2-5(11)6(12)3-4/h2-5,7-11,20H,6,12-14H2,1H3;1-3,7-8,11-13H,10H2,(H,14,15)/t;7-,8-/m.0/s1. The van der Waals surface area contributed by atoms with E-state index in [2.05, 4.69) is 59.9 Å². The van der Waals surface area contributed by atoms with E-state index in [-0.39, 0.29) is 11.3 Å². The Kier molecular flexibility index (Phi) is 9.03. The smallest absolute Gasteiger partial charge is 0.323 e. The third-order valence-electron chi connectivity index (χ3n) is 5.99. The Bertz CT molecular complexity index is 1140. The van der Waals surface area contributed by atoms with E-state index in [4.69, 9.17) is 21.1 Å². The summed E-state index contributed by atoms with van der Waals surface area (Å²) in [5.41, 5.74) is 12.5. The number of aromatic hydroxyl groups is 2. The number of hydrogen-bond donors (Lipinski definition) is 6. The summed E-state index contributed by atoms with van der Waals surface area (Å²) in [4.78, 5) is 10.5. The summed E-state index contributed by atoms with van der Waals surface area (Å²) < 4.78 is 0. The Morgan fingerprint density at radius 1 is 0.971 bits per heavy atom. The van der Waals surface area contributed by atoms with Crippen molar-refractivity contribution in [2.75, 3.05) is 13.6 Å². The summed E-state index contributed by atoms with van der Waals surface area (Å²) in [5, 5.41) is 39.4. The summed E-state index contributed by atoms with van der Waals surface area (Å²) in [5.74, 6) is -2.14. The first-order valence-electron chi connectivity index (χ1n) is 11.5. The van der Waals surface area contributed by atoms with Crippen LogP contribution in [0.3, 0.4) is 0 Å². The van der Waals surface area contributed by atoms with Crippen LogP contribution in [0.4, 0.5) is 0 Å². The van der Waals surface area contributed by atoms with Gasteiger partial charge in [-0.05, 0) is 78.4 Å². The van der Waals surface area contributed by atoms with E-state index in [1.165, 1.54) is 33.9 Å². The summed E-state index contributed by atoms with van der Waals surface area (Å²) in [6.45, 7) is 1.02. The molecule has 3 aromatic rings. The molecule has 0 unspecified atom stereocenters. The molecule has 0 aliphatic heterocycles. The molecule has 7 N–H and O–H groups in total. The Hall–Kier alpha value is -3.65. The van der Waals surface area contributed by atoms with Crippen LogP contribution in [0.15, 0.2) is 72.8 Å². The minimum Gasteiger partial charge on any atom is -0.504 e. The Labute approximate surface area is 205 Å². The van der Waals surface area contributed by atoms with Gasteiger partial charge in [0.15, 0.2) is 11.5 Å². The van der Waals surface area contributed by atoms with E-state index >= 15 is 0 Å². The predicted molar refractivity (Wildman–Crippen MR) is 136 cm³/mol. The van der Waals surface area contributed by atoms with Crippen molar-refractivity contribution < 1.29 is 25.2 Å². The lowest BCUT2D eigenvalue weighted by molar-refractivity contribution is -0.141. The lowest BCUT2D eigenvalue weighted by Gasteiger charge is -2.15. The molecule has 0 spiro atoms. The number of aliphatic hydroxyl groups is 1. The number of carbonyl (C=O) groups is 1. The van der Waals surface area contributed by atoms with E-state index in [0.717, 1.165) is 37.9 Å². The van der Waals surface area contributed by atoms with Crippen LogP contribution < -0.4 is 11.1 Å². The quantitative estimate of drug-likeness (QED) is 0.237. The fourth-order valence-electron chi connectivity index (χ4n) is 4.06. The van der Waals surface area contributed by atoms with Crippen LogP contribution in [-0.2, 0) is 17.6 Å². The molecule has 7 nitrogen and oxygen atoms in total. The fraction of sp³-hybridized carbons (Fsp3) is 0.250. The zero-order valence-corrected chi connectivity index (χ0v) is 19.7. The largest absolute Gasteiger partial charge is 0.504 e. The lowest BCUT2D eigenvalue weighted by Crippen LogP contribution is -2.36. The maximum Gasteiger partial charge on any atom is 0.323 e. The van der Waals surface area contributed by atoms with Crippen LogP contribution >= 0.6 is 0 Å². The van der Waals surface area contributed by atoms with Gasteiger partial charge in [-0.3, -0.25) is 4.79 Å². The number of phenolic OH excluding ortho intramolecular Hbond substituents is 2. The number of aryl methyl sites for hydroxylation is 2. The summed E-state index contributed by atoms with van der Waals surface area (Å²) >= 11 is 0. The molecule has 1 aliphatic rings. The number of nitrogens with two attached hydrogens (primary N) is 1. The number of benzene rings is 3. The molecule has 0 saturated carbocycles. The van der Waals surface area contributed by atoms with Crippen molar-refractivity contribution in [3.8, 4) is 11.5 Å². The van der Waals surface area contributed by atoms with E-state index in [9.17, 15) is 9.90 Å². The SMILES string of the molecule is CNCCC=C1c2ccccc2CCc2ccccc21.N[C@H](C(=O)O)[C@@H](O)c1ccc(O)c(O)c1. The molecule has 2 atom stereocenters. The van der Waals surface area contributed by atoms with Crippen molar-refractivity contribution in [2.24, 2.45) is 5.73 Å². The molecule has 1 aliphatic carbocycles. The normalized spacial score (nSPS) is 13.9. The van der Waals surface area contributed by atoms with Crippen LogP contribution in [0.2, 0.25) is 0 Å². The van der Waals surface area contributed by atoms with Crippen molar-refractivity contribution in [1.29, 1.82) is 0 Å². The molecule has 184 valence electrons. The third kappa shape index (κ3) is 6.48. The molecular formula is C28H32N2O5. The Morgan fingerprint density at radius 2 is 1.54 bits per heavy atom. The van der Waals surface area contributed by atoms with Crippen LogP contribution in [0, 0.1) is 0 Å². The molecule has 0 aromatic heterocycles. The van der Waals surface area contributed by atoms with Gasteiger partial charge in [-0.25, -0.2) is 0 Å². The fourth-order valence-corrected chi connectivity index (χ4v) is 4.06. The van der Waals surface area contributed by atoms with Crippen molar-refractivity contribution in [2.45, 2.75) is 31.4 Å². The number of phenols is 2. The predicted octanol–water partition coefficient (Wildman–Crippen LogP) is 3.37. The van der Waals surface area contributed by atoms with E-state index in [0.29, 0.717) is 0 Å². The Balaban J connectivity index is 0.000000205. The van der Waals surface area contributed by atoms with Crippen LogP contribution in [-0.4, -0.2) is 46.0 Å². The zero-order chi connectivity index (χ0) is 25.4. The number of aliphatic carboxylic acids is 1. The number of aliphatic hydroxyl groups excluding tert-OH is 1. The van der Waals surface area contributed by atoms with E-state index in [1.54, 1.807) is 0 Å². The zero-order valence-electron chi connectivity index (χ0n) is 19.7. The molecule has 0 heterocycles. The van der Waals surface area contributed by atoms with Gasteiger partial charge in [0.1, 0.15) is 12.1 Å². The van der Waals surface area contributed by atoms with Gasteiger partial charge in [-0.2, -0.15) is 0 Å². The number of hydrogen-bond acceptors (Lipinski definition) is 6.